The number of nitrogens with zero attached hydrogens (tertiary/aromatic N) is 6. The van der Waals surface area contributed by atoms with Gasteiger partial charge in [0.25, 0.3) is 0 Å². The summed E-state index contributed by atoms with van der Waals surface area (Å²) in [4.78, 5) is 61.2. The van der Waals surface area contributed by atoms with Gasteiger partial charge in [0.1, 0.15) is 74.8 Å². The van der Waals surface area contributed by atoms with Crippen LogP contribution in [0.25, 0.3) is 11.1 Å². The van der Waals surface area contributed by atoms with Gasteiger partial charge in [-0.3, -0.25) is 29.1 Å². The largest absolute Gasteiger partial charge is 0.489 e. The Morgan fingerprint density at radius 3 is 1.61 bits per heavy atom. The van der Waals surface area contributed by atoms with Gasteiger partial charge in [0.05, 0.1) is 41.1 Å². The van der Waals surface area contributed by atoms with Gasteiger partial charge in [-0.1, -0.05) is 53.5 Å². The first-order valence-corrected chi connectivity index (χ1v) is 24.3. The molecule has 2 amide bonds. The standard InChI is InChI=1S/C56H50Cl2N6O10/c1-33-41(29-72-54-18-53(70-28-40-12-38(20-60)22-62-24-40)43(14-50(54)58)26-64(36(4)66)46-17-56(68)74-32-46)7-5-8-47(33)48-9-6-10-51(34(48)2)71-30-44-15-52(69-27-39-11-37(19-59)21-61-23-39)42(13-49(44)57)25-63(35(3)65)45-16-55(67)73-31-45/h5-15,18,21-24,45-46H,16-17,25-32H2,1-4H3/t45-,46-/m0/s1. The number of esters is 2. The van der Waals surface area contributed by atoms with Gasteiger partial charge in [0.2, 0.25) is 11.8 Å². The Bertz CT molecular complexity index is 3010. The third-order valence-electron chi connectivity index (χ3n) is 12.8. The van der Waals surface area contributed by atoms with Gasteiger partial charge in [0.15, 0.2) is 0 Å². The number of cyclic esters (lactones) is 2. The van der Waals surface area contributed by atoms with Crippen molar-refractivity contribution >= 4 is 47.0 Å². The van der Waals surface area contributed by atoms with Crippen LogP contribution < -0.4 is 18.9 Å². The van der Waals surface area contributed by atoms with E-state index in [-0.39, 0.29) is 94.3 Å². The van der Waals surface area contributed by atoms with E-state index in [9.17, 15) is 29.7 Å². The van der Waals surface area contributed by atoms with Crippen molar-refractivity contribution in [2.24, 2.45) is 0 Å². The highest BCUT2D eigenvalue weighted by Gasteiger charge is 2.33. The molecule has 2 aliphatic heterocycles. The third-order valence-corrected chi connectivity index (χ3v) is 13.5. The third kappa shape index (κ3) is 12.5. The number of hydrogen-bond acceptors (Lipinski definition) is 14. The van der Waals surface area contributed by atoms with Crippen molar-refractivity contribution in [3.63, 3.8) is 0 Å². The second kappa shape index (κ2) is 23.6. The molecule has 4 heterocycles. The van der Waals surface area contributed by atoms with Crippen LogP contribution in [0.15, 0.2) is 97.6 Å². The van der Waals surface area contributed by atoms with Crippen LogP contribution in [-0.4, -0.2) is 68.8 Å². The van der Waals surface area contributed by atoms with E-state index >= 15 is 0 Å². The van der Waals surface area contributed by atoms with Crippen molar-refractivity contribution < 1.29 is 47.6 Å². The van der Waals surface area contributed by atoms with Crippen molar-refractivity contribution in [3.05, 3.63) is 163 Å². The zero-order valence-corrected chi connectivity index (χ0v) is 42.5. The molecule has 74 heavy (non-hydrogen) atoms. The van der Waals surface area contributed by atoms with Crippen LogP contribution in [0.2, 0.25) is 10.0 Å². The van der Waals surface area contributed by atoms with Crippen LogP contribution in [0, 0.1) is 36.5 Å². The molecular formula is C56H50Cl2N6O10. The van der Waals surface area contributed by atoms with Gasteiger partial charge in [0, 0.05) is 90.6 Å². The van der Waals surface area contributed by atoms with Crippen LogP contribution in [0.4, 0.5) is 0 Å². The molecule has 6 aromatic rings. The predicted molar refractivity (Wildman–Crippen MR) is 271 cm³/mol. The van der Waals surface area contributed by atoms with E-state index in [1.165, 1.54) is 26.2 Å². The Labute approximate surface area is 437 Å². The number of nitriles is 2. The molecule has 2 aromatic heterocycles. The van der Waals surface area contributed by atoms with Gasteiger partial charge in [-0.2, -0.15) is 10.5 Å². The van der Waals surface area contributed by atoms with E-state index in [0.717, 1.165) is 27.8 Å². The van der Waals surface area contributed by atoms with Gasteiger partial charge in [-0.25, -0.2) is 0 Å². The van der Waals surface area contributed by atoms with Crippen LogP contribution in [-0.2, 0) is 68.2 Å². The molecule has 0 saturated carbocycles. The number of ether oxygens (including phenoxy) is 6. The highest BCUT2D eigenvalue weighted by molar-refractivity contribution is 6.32. The summed E-state index contributed by atoms with van der Waals surface area (Å²) in [6, 6.07) is 25.3. The second-order valence-electron chi connectivity index (χ2n) is 17.9. The van der Waals surface area contributed by atoms with Crippen LogP contribution in [0.1, 0.15) is 82.3 Å². The fourth-order valence-corrected chi connectivity index (χ4v) is 9.28. The zero-order chi connectivity index (χ0) is 52.5. The number of carbonyl (C=O) groups is 4. The molecular weight excluding hydrogens is 988 g/mol. The molecule has 18 heteroatoms. The normalized spacial score (nSPS) is 14.8. The summed E-state index contributed by atoms with van der Waals surface area (Å²) in [5.74, 6) is 0.518. The first-order chi connectivity index (χ1) is 35.7. The lowest BCUT2D eigenvalue weighted by Gasteiger charge is -2.27. The summed E-state index contributed by atoms with van der Waals surface area (Å²) in [6.45, 7) is 7.54. The fourth-order valence-electron chi connectivity index (χ4n) is 8.79. The molecule has 16 nitrogen and oxygen atoms in total. The number of aromatic nitrogens is 2. The highest BCUT2D eigenvalue weighted by Crippen LogP contribution is 2.38. The maximum atomic E-state index is 12.9. The molecule has 0 N–H and O–H groups in total. The highest BCUT2D eigenvalue weighted by atomic mass is 35.5. The number of pyridine rings is 2. The van der Waals surface area contributed by atoms with Crippen molar-refractivity contribution in [1.29, 1.82) is 10.5 Å². The molecule has 0 unspecified atom stereocenters. The van der Waals surface area contributed by atoms with Crippen molar-refractivity contribution in [1.82, 2.24) is 19.8 Å². The number of amides is 2. The Hall–Kier alpha value is -8.18. The van der Waals surface area contributed by atoms with E-state index in [1.54, 1.807) is 58.6 Å². The average molecular weight is 1040 g/mol. The summed E-state index contributed by atoms with van der Waals surface area (Å²) in [7, 11) is 0. The summed E-state index contributed by atoms with van der Waals surface area (Å²) in [6.07, 6.45) is 6.28. The first-order valence-electron chi connectivity index (χ1n) is 23.5. The van der Waals surface area contributed by atoms with Gasteiger partial charge in [-0.05, 0) is 78.1 Å². The predicted octanol–water partition coefficient (Wildman–Crippen LogP) is 9.45. The van der Waals surface area contributed by atoms with Gasteiger partial charge in [-0.15, -0.1) is 0 Å². The Morgan fingerprint density at radius 1 is 0.595 bits per heavy atom. The maximum Gasteiger partial charge on any atom is 0.308 e. The van der Waals surface area contributed by atoms with Crippen LogP contribution in [0.5, 0.6) is 23.0 Å². The van der Waals surface area contributed by atoms with Crippen molar-refractivity contribution in [3.8, 4) is 46.3 Å². The van der Waals surface area contributed by atoms with E-state index < -0.39 is 12.1 Å². The Balaban J connectivity index is 1.01. The molecule has 0 spiro atoms. The quantitative estimate of drug-likeness (QED) is 0.0694. The monoisotopic (exact) mass is 1040 g/mol. The summed E-state index contributed by atoms with van der Waals surface area (Å²) in [5.41, 5.74) is 8.46. The number of benzene rings is 4. The molecule has 8 rings (SSSR count). The molecule has 378 valence electrons. The topological polar surface area (TPSA) is 204 Å². The van der Waals surface area contributed by atoms with E-state index in [2.05, 4.69) is 22.1 Å². The lowest BCUT2D eigenvalue weighted by atomic mass is 9.93. The van der Waals surface area contributed by atoms with Gasteiger partial charge >= 0.3 is 11.9 Å². The lowest BCUT2D eigenvalue weighted by molar-refractivity contribution is -0.138. The van der Waals surface area contributed by atoms with Crippen LogP contribution in [0.3, 0.4) is 0 Å². The summed E-state index contributed by atoms with van der Waals surface area (Å²) < 4.78 is 35.9. The molecule has 2 atom stereocenters. The molecule has 0 aliphatic carbocycles. The Kier molecular flexibility index (Phi) is 16.6. The first kappa shape index (κ1) is 52.2. The van der Waals surface area contributed by atoms with Crippen molar-refractivity contribution in [2.75, 3.05) is 13.2 Å². The fraction of sp³-hybridized carbons (Fsp3) is 0.286. The van der Waals surface area contributed by atoms with Crippen LogP contribution >= 0.6 is 23.2 Å². The van der Waals surface area contributed by atoms with Gasteiger partial charge < -0.3 is 38.2 Å². The molecule has 2 aliphatic rings. The van der Waals surface area contributed by atoms with E-state index in [0.29, 0.717) is 67.0 Å². The second-order valence-corrected chi connectivity index (χ2v) is 18.7. The average Bonchev–Trinajstić information content (AvgIpc) is 4.03. The minimum atomic E-state index is -0.453. The number of carbonyl (C=O) groups excluding carboxylic acids is 4. The smallest absolute Gasteiger partial charge is 0.308 e. The maximum absolute atomic E-state index is 12.9. The number of hydrogen-bond donors (Lipinski definition) is 0. The lowest BCUT2D eigenvalue weighted by Crippen LogP contribution is -2.39. The summed E-state index contributed by atoms with van der Waals surface area (Å²) >= 11 is 13.9. The number of rotatable bonds is 19. The minimum Gasteiger partial charge on any atom is -0.489 e. The van der Waals surface area contributed by atoms with E-state index in [1.807, 2.05) is 50.2 Å². The molecule has 2 fully saturated rings. The molecule has 4 aromatic carbocycles. The Morgan fingerprint density at radius 2 is 1.08 bits per heavy atom. The van der Waals surface area contributed by atoms with Crippen molar-refractivity contribution in [2.45, 2.75) is 92.1 Å². The molecule has 2 saturated heterocycles. The molecule has 0 bridgehead atoms. The zero-order valence-electron chi connectivity index (χ0n) is 41.0. The molecule has 0 radical (unpaired) electrons. The van der Waals surface area contributed by atoms with E-state index in [4.69, 9.17) is 51.6 Å². The minimum absolute atomic E-state index is 0.0565. The SMILES string of the molecule is CC(=O)N(Cc1cc(Cl)c(COc2cccc(-c3cccc(COc4cc(OCc5cncc(C#N)c5)c(CN(C(C)=O)[C@@H]5COC(=O)C5)cc4Cl)c3C)c2C)cc1OCc1cncc(C#N)c1)[C@@H]1COC(=O)C1. The summed E-state index contributed by atoms with van der Waals surface area (Å²) in [5, 5.41) is 19.5. The number of halogens is 2.